The minimum absolute atomic E-state index is 0.163. The van der Waals surface area contributed by atoms with Gasteiger partial charge in [-0.15, -0.1) is 6.58 Å². The van der Waals surface area contributed by atoms with Gasteiger partial charge in [0.05, 0.1) is 6.26 Å². The smallest absolute Gasteiger partial charge is 0.306 e. The van der Waals surface area contributed by atoms with Crippen molar-refractivity contribution in [2.24, 2.45) is 0 Å². The molecule has 24 heavy (non-hydrogen) atoms. The highest BCUT2D eigenvalue weighted by molar-refractivity contribution is 5.69. The number of carbonyl (C=O) groups is 1. The van der Waals surface area contributed by atoms with Gasteiger partial charge in [-0.1, -0.05) is 50.3 Å². The molecule has 0 aliphatic carbocycles. The summed E-state index contributed by atoms with van der Waals surface area (Å²) in [5.41, 5.74) is 0. The summed E-state index contributed by atoms with van der Waals surface area (Å²) in [5.74, 6) is -0.180. The SMILES string of the molecule is C=CCCCCCC/C=C\CCCCCCCC(=O)OCC=CO. The van der Waals surface area contributed by atoms with Crippen LogP contribution in [0.2, 0.25) is 0 Å². The van der Waals surface area contributed by atoms with Crippen LogP contribution in [0.15, 0.2) is 37.1 Å². The number of allylic oxidation sites excluding steroid dienone is 3. The lowest BCUT2D eigenvalue weighted by atomic mass is 10.1. The largest absolute Gasteiger partial charge is 0.516 e. The summed E-state index contributed by atoms with van der Waals surface area (Å²) in [6.07, 6.45) is 23.8. The Kier molecular flexibility index (Phi) is 18.3. The average molecular weight is 337 g/mol. The summed E-state index contributed by atoms with van der Waals surface area (Å²) in [6, 6.07) is 0. The van der Waals surface area contributed by atoms with Crippen molar-refractivity contribution in [2.75, 3.05) is 6.61 Å². The molecule has 0 saturated heterocycles. The van der Waals surface area contributed by atoms with E-state index in [4.69, 9.17) is 9.84 Å². The van der Waals surface area contributed by atoms with Crippen LogP contribution in [0.25, 0.3) is 0 Å². The van der Waals surface area contributed by atoms with Gasteiger partial charge in [0.1, 0.15) is 6.61 Å². The fraction of sp³-hybridized carbons (Fsp3) is 0.667. The number of unbranched alkanes of at least 4 members (excludes halogenated alkanes) is 10. The van der Waals surface area contributed by atoms with E-state index in [0.717, 1.165) is 25.5 Å². The van der Waals surface area contributed by atoms with Crippen molar-refractivity contribution >= 4 is 5.97 Å². The predicted octanol–water partition coefficient (Wildman–Crippen LogP) is 6.41. The summed E-state index contributed by atoms with van der Waals surface area (Å²) in [4.78, 5) is 11.3. The quantitative estimate of drug-likeness (QED) is 0.144. The van der Waals surface area contributed by atoms with Gasteiger partial charge < -0.3 is 9.84 Å². The molecule has 3 heteroatoms. The van der Waals surface area contributed by atoms with Gasteiger partial charge in [-0.2, -0.15) is 0 Å². The van der Waals surface area contributed by atoms with E-state index >= 15 is 0 Å². The highest BCUT2D eigenvalue weighted by Crippen LogP contribution is 2.09. The molecule has 0 spiro atoms. The first-order valence-corrected chi connectivity index (χ1v) is 9.52. The zero-order valence-electron chi connectivity index (χ0n) is 15.3. The van der Waals surface area contributed by atoms with Gasteiger partial charge in [-0.3, -0.25) is 4.79 Å². The summed E-state index contributed by atoms with van der Waals surface area (Å²) in [5, 5.41) is 8.42. The Labute approximate surface area is 148 Å². The number of aliphatic hydroxyl groups excluding tert-OH is 1. The third-order valence-corrected chi connectivity index (χ3v) is 3.89. The molecule has 0 fully saturated rings. The molecular weight excluding hydrogens is 300 g/mol. The van der Waals surface area contributed by atoms with Crippen LogP contribution in [-0.2, 0) is 9.53 Å². The lowest BCUT2D eigenvalue weighted by Gasteiger charge is -2.02. The Balaban J connectivity index is 3.20. The first-order chi connectivity index (χ1) is 11.8. The molecule has 0 aromatic heterocycles. The van der Waals surface area contributed by atoms with E-state index < -0.39 is 0 Å². The molecule has 0 radical (unpaired) electrons. The predicted molar refractivity (Wildman–Crippen MR) is 102 cm³/mol. The number of aliphatic hydroxyl groups is 1. The second kappa shape index (κ2) is 19.5. The van der Waals surface area contributed by atoms with E-state index in [1.807, 2.05) is 6.08 Å². The van der Waals surface area contributed by atoms with Gasteiger partial charge >= 0.3 is 5.97 Å². The minimum Gasteiger partial charge on any atom is -0.516 e. The topological polar surface area (TPSA) is 46.5 Å². The van der Waals surface area contributed by atoms with Crippen LogP contribution in [0.5, 0.6) is 0 Å². The molecule has 0 atom stereocenters. The molecule has 0 saturated carbocycles. The number of hydrogen-bond acceptors (Lipinski definition) is 3. The highest BCUT2D eigenvalue weighted by Gasteiger charge is 2.00. The molecule has 0 rings (SSSR count). The van der Waals surface area contributed by atoms with E-state index in [1.165, 1.54) is 63.9 Å². The monoisotopic (exact) mass is 336 g/mol. The molecule has 3 nitrogen and oxygen atoms in total. The Bertz CT molecular complexity index is 345. The molecule has 0 aromatic rings. The maximum absolute atomic E-state index is 11.3. The van der Waals surface area contributed by atoms with Crippen molar-refractivity contribution in [1.82, 2.24) is 0 Å². The van der Waals surface area contributed by atoms with E-state index in [-0.39, 0.29) is 12.6 Å². The van der Waals surface area contributed by atoms with Crippen LogP contribution in [-0.4, -0.2) is 17.7 Å². The van der Waals surface area contributed by atoms with Crippen LogP contribution in [0.3, 0.4) is 0 Å². The lowest BCUT2D eigenvalue weighted by Crippen LogP contribution is -2.03. The van der Waals surface area contributed by atoms with Crippen LogP contribution in [0.1, 0.15) is 83.5 Å². The fourth-order valence-corrected chi connectivity index (χ4v) is 2.46. The number of esters is 1. The molecular formula is C21H36O3. The normalized spacial score (nSPS) is 11.3. The maximum atomic E-state index is 11.3. The van der Waals surface area contributed by atoms with E-state index in [9.17, 15) is 4.79 Å². The minimum atomic E-state index is -0.180. The van der Waals surface area contributed by atoms with Crippen molar-refractivity contribution < 1.29 is 14.6 Å². The lowest BCUT2D eigenvalue weighted by molar-refractivity contribution is -0.142. The second-order valence-corrected chi connectivity index (χ2v) is 6.13. The number of hydrogen-bond donors (Lipinski definition) is 1. The van der Waals surface area contributed by atoms with Crippen molar-refractivity contribution in [2.45, 2.75) is 83.5 Å². The molecule has 0 aliphatic rings. The average Bonchev–Trinajstić information content (AvgIpc) is 2.58. The summed E-state index contributed by atoms with van der Waals surface area (Å²) in [6.45, 7) is 3.90. The molecule has 0 unspecified atom stereocenters. The summed E-state index contributed by atoms with van der Waals surface area (Å²) < 4.78 is 4.90. The van der Waals surface area contributed by atoms with Gasteiger partial charge in [-0.05, 0) is 51.0 Å². The standard InChI is InChI=1S/C21H36O3/c1-2-3-4-5-6-7-8-9-10-11-12-13-14-15-16-18-21(23)24-20-17-19-22/h2,9-10,17,19,22H,1,3-8,11-16,18,20H2/b10-9-,19-17?. The molecule has 0 heterocycles. The van der Waals surface area contributed by atoms with Crippen molar-refractivity contribution in [3.8, 4) is 0 Å². The Morgan fingerprint density at radius 3 is 1.92 bits per heavy atom. The van der Waals surface area contributed by atoms with Gasteiger partial charge in [0.15, 0.2) is 0 Å². The zero-order chi connectivity index (χ0) is 17.7. The molecule has 0 amide bonds. The summed E-state index contributed by atoms with van der Waals surface area (Å²) >= 11 is 0. The van der Waals surface area contributed by atoms with Gasteiger partial charge in [0.25, 0.3) is 0 Å². The molecule has 1 N–H and O–H groups in total. The van der Waals surface area contributed by atoms with Crippen LogP contribution >= 0.6 is 0 Å². The molecule has 0 aliphatic heterocycles. The van der Waals surface area contributed by atoms with Gasteiger partial charge in [-0.25, -0.2) is 0 Å². The highest BCUT2D eigenvalue weighted by atomic mass is 16.5. The van der Waals surface area contributed by atoms with Crippen LogP contribution in [0, 0.1) is 0 Å². The van der Waals surface area contributed by atoms with Gasteiger partial charge in [0.2, 0.25) is 0 Å². The number of ether oxygens (including phenoxy) is 1. The molecule has 138 valence electrons. The van der Waals surface area contributed by atoms with E-state index in [2.05, 4.69) is 18.7 Å². The van der Waals surface area contributed by atoms with Crippen molar-refractivity contribution in [3.05, 3.63) is 37.1 Å². The first-order valence-electron chi connectivity index (χ1n) is 9.52. The molecule has 0 aromatic carbocycles. The number of rotatable bonds is 17. The Morgan fingerprint density at radius 2 is 1.33 bits per heavy atom. The molecule has 0 bridgehead atoms. The van der Waals surface area contributed by atoms with Crippen molar-refractivity contribution in [1.29, 1.82) is 0 Å². The second-order valence-electron chi connectivity index (χ2n) is 6.13. The summed E-state index contributed by atoms with van der Waals surface area (Å²) in [7, 11) is 0. The maximum Gasteiger partial charge on any atom is 0.306 e. The van der Waals surface area contributed by atoms with E-state index in [0.29, 0.717) is 6.42 Å². The first kappa shape index (κ1) is 22.5. The third kappa shape index (κ3) is 18.5. The third-order valence-electron chi connectivity index (χ3n) is 3.89. The Hall–Kier alpha value is -1.51. The van der Waals surface area contributed by atoms with Crippen LogP contribution < -0.4 is 0 Å². The van der Waals surface area contributed by atoms with E-state index in [1.54, 1.807) is 0 Å². The fourth-order valence-electron chi connectivity index (χ4n) is 2.46. The Morgan fingerprint density at radius 1 is 0.792 bits per heavy atom. The zero-order valence-corrected chi connectivity index (χ0v) is 15.3. The van der Waals surface area contributed by atoms with Gasteiger partial charge in [0, 0.05) is 6.42 Å². The number of carbonyl (C=O) groups excluding carboxylic acids is 1. The van der Waals surface area contributed by atoms with Crippen molar-refractivity contribution in [3.63, 3.8) is 0 Å². The van der Waals surface area contributed by atoms with Crippen LogP contribution in [0.4, 0.5) is 0 Å².